The number of aryl methyl sites for hydroxylation is 3. The van der Waals surface area contributed by atoms with Gasteiger partial charge in [0.15, 0.2) is 0 Å². The van der Waals surface area contributed by atoms with Crippen molar-refractivity contribution < 1.29 is 10.2 Å². The first-order valence-corrected chi connectivity index (χ1v) is 22.1. The molecule has 0 heterocycles. The van der Waals surface area contributed by atoms with E-state index in [4.69, 9.17) is 0 Å². The topological polar surface area (TPSA) is 46.9 Å². The zero-order valence-electron chi connectivity index (χ0n) is 40.5. The van der Waals surface area contributed by atoms with Crippen LogP contribution < -0.4 is 4.90 Å². The van der Waals surface area contributed by atoms with Gasteiger partial charge < -0.3 is 20.0 Å². The Morgan fingerprint density at radius 1 is 0.383 bits per heavy atom. The van der Waals surface area contributed by atoms with Crippen LogP contribution >= 0.6 is 0 Å². The molecule has 0 aliphatic heterocycles. The molecule has 322 valence electrons. The summed E-state index contributed by atoms with van der Waals surface area (Å²) < 4.78 is 0. The van der Waals surface area contributed by atoms with Crippen molar-refractivity contribution in [2.45, 2.75) is 138 Å². The number of phenols is 2. The van der Waals surface area contributed by atoms with Crippen molar-refractivity contribution in [2.75, 3.05) is 39.1 Å². The van der Waals surface area contributed by atoms with Gasteiger partial charge in [-0.25, -0.2) is 0 Å². The largest absolute Gasteiger partial charge is 0.507 e. The minimum Gasteiger partial charge on any atom is -0.507 e. The molecule has 0 saturated heterocycles. The van der Waals surface area contributed by atoms with Gasteiger partial charge in [0.2, 0.25) is 0 Å². The summed E-state index contributed by atoms with van der Waals surface area (Å²) in [5.41, 5.74) is 16.1. The highest BCUT2D eigenvalue weighted by Crippen LogP contribution is 2.50. The van der Waals surface area contributed by atoms with Crippen molar-refractivity contribution in [3.8, 4) is 56.0 Å². The van der Waals surface area contributed by atoms with E-state index in [1.807, 2.05) is 0 Å². The zero-order chi connectivity index (χ0) is 44.9. The van der Waals surface area contributed by atoms with Gasteiger partial charge in [0.25, 0.3) is 0 Å². The molecule has 5 aromatic carbocycles. The quantitative estimate of drug-likeness (QED) is 0.138. The van der Waals surface area contributed by atoms with Crippen LogP contribution in [0.5, 0.6) is 11.5 Å². The number of benzene rings is 5. The molecule has 0 unspecified atom stereocenters. The van der Waals surface area contributed by atoms with Gasteiger partial charge >= 0.3 is 0 Å². The summed E-state index contributed by atoms with van der Waals surface area (Å²) >= 11 is 0. The Labute approximate surface area is 364 Å². The molecule has 5 aromatic rings. The number of unbranched alkanes of at least 4 members (excludes halogenated alkanes) is 1. The average Bonchev–Trinajstić information content (AvgIpc) is 3.12. The molecule has 0 aliphatic rings. The third-order valence-corrected chi connectivity index (χ3v) is 12.0. The molecule has 4 heteroatoms. The second kappa shape index (κ2) is 17.1. The number of phenolic OH excluding ortho intramolecular Hbond substituents is 2. The van der Waals surface area contributed by atoms with Gasteiger partial charge in [0, 0.05) is 47.0 Å². The van der Waals surface area contributed by atoms with Crippen molar-refractivity contribution in [2.24, 2.45) is 0 Å². The Kier molecular flexibility index (Phi) is 13.2. The van der Waals surface area contributed by atoms with Crippen LogP contribution in [0.25, 0.3) is 44.5 Å². The molecule has 2 N–H and O–H groups in total. The van der Waals surface area contributed by atoms with Crippen LogP contribution in [0.2, 0.25) is 0 Å². The van der Waals surface area contributed by atoms with E-state index in [1.165, 1.54) is 22.3 Å². The Morgan fingerprint density at radius 3 is 0.967 bits per heavy atom. The van der Waals surface area contributed by atoms with Crippen LogP contribution in [0.1, 0.15) is 135 Å². The van der Waals surface area contributed by atoms with E-state index in [-0.39, 0.29) is 33.2 Å². The molecule has 0 spiro atoms. The van der Waals surface area contributed by atoms with Gasteiger partial charge in [-0.15, -0.1) is 0 Å². The SMILES string of the molecule is Cc1cc(-c2cc(C(C)(C)C)cc(C(C)(C)C)c2)c(O)c(-c2cc(C)cc(-c3cc(C)cc(-c4cc(C(C)(C)C)cc(C(C)(C)C)c4)c3O)c2N(C)CCCCN(C)C)c1. The number of rotatable bonds is 10. The lowest BCUT2D eigenvalue weighted by atomic mass is 9.78. The van der Waals surface area contributed by atoms with Crippen LogP contribution in [-0.2, 0) is 21.7 Å². The number of nitrogens with zero attached hydrogens (tertiary/aromatic N) is 2. The Morgan fingerprint density at radius 2 is 0.667 bits per heavy atom. The maximum Gasteiger partial charge on any atom is 0.131 e. The van der Waals surface area contributed by atoms with E-state index in [0.29, 0.717) is 0 Å². The highest BCUT2D eigenvalue weighted by Gasteiger charge is 2.27. The molecule has 0 saturated carbocycles. The summed E-state index contributed by atoms with van der Waals surface area (Å²) in [4.78, 5) is 4.58. The summed E-state index contributed by atoms with van der Waals surface area (Å²) in [5.74, 6) is 0.543. The van der Waals surface area contributed by atoms with E-state index in [1.54, 1.807) is 0 Å². The van der Waals surface area contributed by atoms with Gasteiger partial charge in [-0.3, -0.25) is 0 Å². The van der Waals surface area contributed by atoms with Crippen molar-refractivity contribution in [1.29, 1.82) is 0 Å². The molecule has 0 aliphatic carbocycles. The first-order valence-electron chi connectivity index (χ1n) is 22.1. The van der Waals surface area contributed by atoms with Gasteiger partial charge in [0.1, 0.15) is 11.5 Å². The number of hydrogen-bond acceptors (Lipinski definition) is 4. The predicted molar refractivity (Wildman–Crippen MR) is 262 cm³/mol. The van der Waals surface area contributed by atoms with E-state index in [0.717, 1.165) is 92.8 Å². The first kappa shape index (κ1) is 46.5. The zero-order valence-corrected chi connectivity index (χ0v) is 40.5. The van der Waals surface area contributed by atoms with Gasteiger partial charge in [-0.05, 0) is 162 Å². The molecule has 0 bridgehead atoms. The molecule has 60 heavy (non-hydrogen) atoms. The van der Waals surface area contributed by atoms with Crippen LogP contribution in [0, 0.1) is 20.8 Å². The second-order valence-corrected chi connectivity index (χ2v) is 22.2. The molecule has 0 aromatic heterocycles. The fraction of sp³-hybridized carbons (Fsp3) is 0.464. The maximum absolute atomic E-state index is 12.6. The van der Waals surface area contributed by atoms with E-state index in [2.05, 4.69) is 208 Å². The van der Waals surface area contributed by atoms with E-state index in [9.17, 15) is 10.2 Å². The summed E-state index contributed by atoms with van der Waals surface area (Å²) in [6.45, 7) is 35.3. The summed E-state index contributed by atoms with van der Waals surface area (Å²) in [6.07, 6.45) is 2.07. The highest BCUT2D eigenvalue weighted by molar-refractivity contribution is 5.98. The van der Waals surface area contributed by atoms with Crippen LogP contribution in [0.3, 0.4) is 0 Å². The van der Waals surface area contributed by atoms with Gasteiger partial charge in [-0.1, -0.05) is 119 Å². The Bertz CT molecular complexity index is 2140. The summed E-state index contributed by atoms with van der Waals surface area (Å²) in [7, 11) is 6.42. The van der Waals surface area contributed by atoms with Crippen LogP contribution in [-0.4, -0.2) is 49.3 Å². The van der Waals surface area contributed by atoms with Crippen molar-refractivity contribution in [1.82, 2.24) is 4.90 Å². The molecule has 4 nitrogen and oxygen atoms in total. The predicted octanol–water partition coefficient (Wildman–Crippen LogP) is 14.7. The van der Waals surface area contributed by atoms with Crippen molar-refractivity contribution in [3.05, 3.63) is 112 Å². The lowest BCUT2D eigenvalue weighted by Crippen LogP contribution is -2.22. The molecule has 0 amide bonds. The third-order valence-electron chi connectivity index (χ3n) is 12.0. The fourth-order valence-electron chi connectivity index (χ4n) is 8.20. The average molecular weight is 809 g/mol. The molecular formula is C56H76N2O2. The lowest BCUT2D eigenvalue weighted by molar-refractivity contribution is 0.395. The monoisotopic (exact) mass is 809 g/mol. The molecule has 0 atom stereocenters. The normalized spacial score (nSPS) is 12.7. The minimum atomic E-state index is -0.0662. The molecular weight excluding hydrogens is 733 g/mol. The number of aromatic hydroxyl groups is 2. The molecule has 0 radical (unpaired) electrons. The van der Waals surface area contributed by atoms with Crippen LogP contribution in [0.15, 0.2) is 72.8 Å². The standard InChI is InChI=1S/C56H76N2O2/c1-35-23-44(38-29-40(53(4,5)6)33-41(30-38)54(7,8)9)51(59)48(27-35)46-25-37(3)26-47(50(46)58(18)22-20-19-21-57(16)17)49-28-36(2)24-45(52(49)60)39-31-42(55(10,11)12)34-43(32-39)56(13,14)15/h23-34,59-60H,19-22H2,1-18H3. The second-order valence-electron chi connectivity index (χ2n) is 22.2. The fourth-order valence-corrected chi connectivity index (χ4v) is 8.20. The minimum absolute atomic E-state index is 0.0662. The first-order chi connectivity index (χ1) is 27.6. The van der Waals surface area contributed by atoms with Gasteiger partial charge in [-0.2, -0.15) is 0 Å². The third kappa shape index (κ3) is 10.5. The molecule has 5 rings (SSSR count). The smallest absolute Gasteiger partial charge is 0.131 e. The molecule has 0 fully saturated rings. The highest BCUT2D eigenvalue weighted by atomic mass is 16.3. The van der Waals surface area contributed by atoms with Gasteiger partial charge in [0.05, 0.1) is 5.69 Å². The summed E-state index contributed by atoms with van der Waals surface area (Å²) in [5, 5.41) is 25.3. The lowest BCUT2D eigenvalue weighted by Gasteiger charge is -2.29. The summed E-state index contributed by atoms with van der Waals surface area (Å²) in [6, 6.07) is 26.7. The number of hydrogen-bond donors (Lipinski definition) is 2. The number of anilines is 1. The van der Waals surface area contributed by atoms with E-state index < -0.39 is 0 Å². The Balaban J connectivity index is 1.84. The van der Waals surface area contributed by atoms with Crippen LogP contribution in [0.4, 0.5) is 5.69 Å². The maximum atomic E-state index is 12.6. The van der Waals surface area contributed by atoms with E-state index >= 15 is 0 Å². The van der Waals surface area contributed by atoms with Crippen molar-refractivity contribution >= 4 is 5.69 Å². The Hall–Kier alpha value is -4.54. The van der Waals surface area contributed by atoms with Crippen molar-refractivity contribution in [3.63, 3.8) is 0 Å².